The van der Waals surface area contributed by atoms with E-state index in [0.717, 1.165) is 28.4 Å². The molecular weight excluding hydrogens is 362 g/mol. The number of benzene rings is 2. The molecule has 0 atom stereocenters. The predicted molar refractivity (Wildman–Crippen MR) is 105 cm³/mol. The molecule has 0 unspecified atom stereocenters. The third kappa shape index (κ3) is 3.22. The zero-order chi connectivity index (χ0) is 18.8. The van der Waals surface area contributed by atoms with Crippen molar-refractivity contribution in [1.82, 2.24) is 20.0 Å². The molecule has 2 N–H and O–H groups in total. The van der Waals surface area contributed by atoms with E-state index in [2.05, 4.69) is 15.3 Å². The highest BCUT2D eigenvalue weighted by Crippen LogP contribution is 2.32. The molecule has 0 aliphatic carbocycles. The Morgan fingerprint density at radius 3 is 2.52 bits per heavy atom. The van der Waals surface area contributed by atoms with Gasteiger partial charge in [0.25, 0.3) is 0 Å². The van der Waals surface area contributed by atoms with Crippen molar-refractivity contribution in [3.05, 3.63) is 53.9 Å². The average Bonchev–Trinajstić information content (AvgIpc) is 3.35. The van der Waals surface area contributed by atoms with E-state index in [4.69, 9.17) is 15.2 Å². The van der Waals surface area contributed by atoms with Crippen LogP contribution < -0.4 is 15.2 Å². The number of hydrogen-bond donors (Lipinski definition) is 1. The summed E-state index contributed by atoms with van der Waals surface area (Å²) >= 11 is 1.47. The van der Waals surface area contributed by atoms with Crippen molar-refractivity contribution in [1.29, 1.82) is 0 Å². The molecule has 2 heterocycles. The molecule has 8 heteroatoms. The summed E-state index contributed by atoms with van der Waals surface area (Å²) in [6.45, 7) is 0. The van der Waals surface area contributed by atoms with E-state index in [1.165, 1.54) is 11.3 Å². The first-order valence-corrected chi connectivity index (χ1v) is 9.03. The third-order valence-electron chi connectivity index (χ3n) is 4.10. The molecule has 4 rings (SSSR count). The van der Waals surface area contributed by atoms with Crippen LogP contribution in [-0.4, -0.2) is 34.2 Å². The Balaban J connectivity index is 1.66. The van der Waals surface area contributed by atoms with Gasteiger partial charge in [-0.1, -0.05) is 11.3 Å². The van der Waals surface area contributed by atoms with Gasteiger partial charge < -0.3 is 15.2 Å². The van der Waals surface area contributed by atoms with Gasteiger partial charge in [-0.2, -0.15) is 4.68 Å². The number of thiazole rings is 1. The number of nitrogen functional groups attached to an aromatic ring is 1. The van der Waals surface area contributed by atoms with Gasteiger partial charge in [0.1, 0.15) is 16.5 Å². The quantitative estimate of drug-likeness (QED) is 0.569. The lowest BCUT2D eigenvalue weighted by atomic mass is 10.2. The van der Waals surface area contributed by atoms with Gasteiger partial charge in [0.05, 0.1) is 25.6 Å². The average molecular weight is 379 g/mol. The zero-order valence-electron chi connectivity index (χ0n) is 14.8. The van der Waals surface area contributed by atoms with Crippen LogP contribution >= 0.6 is 11.3 Å². The Bertz CT molecular complexity index is 1070. The summed E-state index contributed by atoms with van der Waals surface area (Å²) in [5.74, 6) is 1.96. The Labute approximate surface area is 160 Å². The molecule has 27 heavy (non-hydrogen) atoms. The summed E-state index contributed by atoms with van der Waals surface area (Å²) in [6, 6.07) is 15.2. The molecule has 0 fully saturated rings. The summed E-state index contributed by atoms with van der Waals surface area (Å²) in [4.78, 5) is 4.66. The van der Waals surface area contributed by atoms with Gasteiger partial charge in [-0.05, 0) is 36.4 Å². The monoisotopic (exact) mass is 379 g/mol. The van der Waals surface area contributed by atoms with Crippen molar-refractivity contribution < 1.29 is 9.47 Å². The van der Waals surface area contributed by atoms with Crippen LogP contribution in [0, 0.1) is 0 Å². The fraction of sp³-hybridized carbons (Fsp3) is 0.105. The Kier molecular flexibility index (Phi) is 4.47. The van der Waals surface area contributed by atoms with Gasteiger partial charge in [-0.25, -0.2) is 4.98 Å². The molecular formula is C19H17N5O2S. The molecule has 0 spiro atoms. The van der Waals surface area contributed by atoms with E-state index < -0.39 is 0 Å². The number of hydrogen-bond acceptors (Lipinski definition) is 7. The van der Waals surface area contributed by atoms with Crippen LogP contribution in [0.25, 0.3) is 27.6 Å². The molecule has 0 radical (unpaired) electrons. The second-order valence-electron chi connectivity index (χ2n) is 5.70. The number of ether oxygens (including phenoxy) is 2. The topological polar surface area (TPSA) is 88.1 Å². The number of aromatic nitrogens is 4. The Morgan fingerprint density at radius 1 is 1.00 bits per heavy atom. The van der Waals surface area contributed by atoms with E-state index in [1.807, 2.05) is 53.9 Å². The highest BCUT2D eigenvalue weighted by molar-refractivity contribution is 7.13. The van der Waals surface area contributed by atoms with Crippen molar-refractivity contribution in [3.8, 4) is 39.1 Å². The molecule has 0 aliphatic heterocycles. The number of anilines is 1. The van der Waals surface area contributed by atoms with Crippen LogP contribution in [-0.2, 0) is 0 Å². The molecule has 0 aliphatic rings. The fourth-order valence-corrected chi connectivity index (χ4v) is 3.47. The lowest BCUT2D eigenvalue weighted by molar-refractivity contribution is 0.414. The van der Waals surface area contributed by atoms with Crippen molar-refractivity contribution in [2.75, 3.05) is 20.0 Å². The van der Waals surface area contributed by atoms with Gasteiger partial charge in [-0.15, -0.1) is 16.4 Å². The van der Waals surface area contributed by atoms with Crippen molar-refractivity contribution >= 4 is 17.2 Å². The zero-order valence-corrected chi connectivity index (χ0v) is 15.6. The lowest BCUT2D eigenvalue weighted by Gasteiger charge is -2.05. The summed E-state index contributed by atoms with van der Waals surface area (Å²) in [5.41, 5.74) is 9.48. The first-order chi connectivity index (χ1) is 13.2. The SMILES string of the molecule is COc1ccc(-c2csc(-c3nnn(-c4cccc(OC)c4)c3N)n2)cc1. The molecule has 0 amide bonds. The minimum atomic E-state index is 0.430. The van der Waals surface area contributed by atoms with Crippen LogP contribution in [0.4, 0.5) is 5.82 Å². The van der Waals surface area contributed by atoms with E-state index in [1.54, 1.807) is 18.9 Å². The van der Waals surface area contributed by atoms with E-state index in [9.17, 15) is 0 Å². The Morgan fingerprint density at radius 2 is 1.78 bits per heavy atom. The van der Waals surface area contributed by atoms with Gasteiger partial charge in [0.15, 0.2) is 11.5 Å². The van der Waals surface area contributed by atoms with E-state index >= 15 is 0 Å². The van der Waals surface area contributed by atoms with Gasteiger partial charge in [-0.3, -0.25) is 0 Å². The minimum absolute atomic E-state index is 0.430. The number of nitrogens with zero attached hydrogens (tertiary/aromatic N) is 4. The van der Waals surface area contributed by atoms with Crippen LogP contribution in [0.5, 0.6) is 11.5 Å². The second-order valence-corrected chi connectivity index (χ2v) is 6.56. The molecule has 0 bridgehead atoms. The summed E-state index contributed by atoms with van der Waals surface area (Å²) in [7, 11) is 3.26. The van der Waals surface area contributed by atoms with Crippen molar-refractivity contribution in [2.45, 2.75) is 0 Å². The first kappa shape index (κ1) is 17.0. The van der Waals surface area contributed by atoms with Gasteiger partial charge in [0, 0.05) is 17.0 Å². The highest BCUT2D eigenvalue weighted by Gasteiger charge is 2.17. The first-order valence-electron chi connectivity index (χ1n) is 8.15. The molecule has 136 valence electrons. The number of rotatable bonds is 5. The normalized spacial score (nSPS) is 10.7. The predicted octanol–water partition coefficient (Wildman–Crippen LogP) is 3.66. The molecule has 2 aromatic heterocycles. The van der Waals surface area contributed by atoms with Crippen molar-refractivity contribution in [2.24, 2.45) is 0 Å². The fourth-order valence-electron chi connectivity index (χ4n) is 2.65. The van der Waals surface area contributed by atoms with Crippen LogP contribution in [0.1, 0.15) is 0 Å². The smallest absolute Gasteiger partial charge is 0.165 e. The third-order valence-corrected chi connectivity index (χ3v) is 4.94. The lowest BCUT2D eigenvalue weighted by Crippen LogP contribution is -2.02. The molecule has 0 saturated carbocycles. The minimum Gasteiger partial charge on any atom is -0.497 e. The maximum atomic E-state index is 6.29. The number of nitrogens with two attached hydrogens (primary N) is 1. The van der Waals surface area contributed by atoms with E-state index in [0.29, 0.717) is 16.5 Å². The summed E-state index contributed by atoms with van der Waals surface area (Å²) in [6.07, 6.45) is 0. The van der Waals surface area contributed by atoms with Gasteiger partial charge in [0.2, 0.25) is 0 Å². The maximum absolute atomic E-state index is 6.29. The van der Waals surface area contributed by atoms with Crippen LogP contribution in [0.2, 0.25) is 0 Å². The Hall–Kier alpha value is -3.39. The number of methoxy groups -OCH3 is 2. The van der Waals surface area contributed by atoms with Crippen LogP contribution in [0.15, 0.2) is 53.9 Å². The van der Waals surface area contributed by atoms with Gasteiger partial charge >= 0.3 is 0 Å². The highest BCUT2D eigenvalue weighted by atomic mass is 32.1. The molecule has 4 aromatic rings. The second kappa shape index (κ2) is 7.08. The molecule has 7 nitrogen and oxygen atoms in total. The van der Waals surface area contributed by atoms with E-state index in [-0.39, 0.29) is 0 Å². The summed E-state index contributed by atoms with van der Waals surface area (Å²) < 4.78 is 12.0. The molecule has 0 saturated heterocycles. The van der Waals surface area contributed by atoms with Crippen LogP contribution in [0.3, 0.4) is 0 Å². The maximum Gasteiger partial charge on any atom is 0.165 e. The summed E-state index contributed by atoms with van der Waals surface area (Å²) in [5, 5.41) is 11.1. The molecule has 2 aromatic carbocycles. The van der Waals surface area contributed by atoms with Crippen molar-refractivity contribution in [3.63, 3.8) is 0 Å². The largest absolute Gasteiger partial charge is 0.497 e. The standard InChI is InChI=1S/C19H17N5O2S/c1-25-14-8-6-12(7-9-14)16-11-27-19(21-16)17-18(20)24(23-22-17)13-4-3-5-15(10-13)26-2/h3-11H,20H2,1-2H3.